The number of aromatic nitrogens is 2. The van der Waals surface area contributed by atoms with Crippen molar-refractivity contribution in [3.8, 4) is 0 Å². The van der Waals surface area contributed by atoms with Crippen molar-refractivity contribution in [2.75, 3.05) is 5.32 Å². The van der Waals surface area contributed by atoms with Crippen molar-refractivity contribution in [3.05, 3.63) is 82.1 Å². The van der Waals surface area contributed by atoms with Crippen molar-refractivity contribution in [3.63, 3.8) is 0 Å². The fourth-order valence-electron chi connectivity index (χ4n) is 2.28. The Hall–Kier alpha value is -2.73. The van der Waals surface area contributed by atoms with E-state index in [0.717, 1.165) is 21.3 Å². The number of carbonyl (C=O) groups is 1. The van der Waals surface area contributed by atoms with Gasteiger partial charge in [0.25, 0.3) is 5.91 Å². The first kappa shape index (κ1) is 17.1. The zero-order valence-electron chi connectivity index (χ0n) is 13.7. The molecule has 0 aliphatic heterocycles. The molecule has 0 radical (unpaired) electrons. The maximum absolute atomic E-state index is 12.2. The van der Waals surface area contributed by atoms with Gasteiger partial charge in [-0.1, -0.05) is 36.4 Å². The lowest BCUT2D eigenvalue weighted by atomic mass is 10.1. The predicted octanol–water partition coefficient (Wildman–Crippen LogP) is 4.22. The molecule has 1 amide bonds. The summed E-state index contributed by atoms with van der Waals surface area (Å²) in [6.45, 7) is 2.50. The number of rotatable bonds is 5. The molecule has 3 aromatic rings. The fourth-order valence-corrected chi connectivity index (χ4v) is 2.66. The van der Waals surface area contributed by atoms with Crippen LogP contribution in [0.25, 0.3) is 0 Å². The van der Waals surface area contributed by atoms with E-state index in [2.05, 4.69) is 36.5 Å². The summed E-state index contributed by atoms with van der Waals surface area (Å²) in [4.78, 5) is 20.6. The minimum absolute atomic E-state index is 0.198. The van der Waals surface area contributed by atoms with Gasteiger partial charge in [0.15, 0.2) is 0 Å². The third kappa shape index (κ3) is 4.42. The van der Waals surface area contributed by atoms with Crippen LogP contribution in [0.2, 0.25) is 0 Å². The monoisotopic (exact) mass is 396 g/mol. The topological polar surface area (TPSA) is 66.9 Å². The molecule has 0 aliphatic carbocycles. The summed E-state index contributed by atoms with van der Waals surface area (Å²) in [7, 11) is 0. The highest BCUT2D eigenvalue weighted by atomic mass is 79.9. The molecule has 3 rings (SSSR count). The lowest BCUT2D eigenvalue weighted by Gasteiger charge is -2.09. The smallest absolute Gasteiger partial charge is 0.254 e. The first-order valence-corrected chi connectivity index (χ1v) is 8.59. The molecule has 0 bridgehead atoms. The van der Waals surface area contributed by atoms with Gasteiger partial charge < -0.3 is 10.6 Å². The molecule has 5 nitrogen and oxygen atoms in total. The standard InChI is InChI=1S/C19H17BrN4O/c1-13-6-2-3-7-14(13)10-21-18(25)15-11-22-19(23-12-15)24-17-9-5-4-8-16(17)20/h2-9,11-12H,10H2,1H3,(H,21,25)(H,22,23,24). The quantitative estimate of drug-likeness (QED) is 0.677. The maximum atomic E-state index is 12.2. The Balaban J connectivity index is 1.63. The van der Waals surface area contributed by atoms with Gasteiger partial charge >= 0.3 is 0 Å². The number of nitrogens with zero attached hydrogens (tertiary/aromatic N) is 2. The van der Waals surface area contributed by atoms with E-state index in [1.54, 1.807) is 0 Å². The summed E-state index contributed by atoms with van der Waals surface area (Å²) >= 11 is 3.46. The van der Waals surface area contributed by atoms with E-state index >= 15 is 0 Å². The van der Waals surface area contributed by atoms with E-state index in [1.807, 2.05) is 55.5 Å². The molecule has 2 N–H and O–H groups in total. The van der Waals surface area contributed by atoms with Crippen LogP contribution < -0.4 is 10.6 Å². The molecule has 1 heterocycles. The molecule has 0 atom stereocenters. The summed E-state index contributed by atoms with van der Waals surface area (Å²) < 4.78 is 0.915. The Morgan fingerprint density at radius 3 is 2.44 bits per heavy atom. The van der Waals surface area contributed by atoms with Crippen LogP contribution in [0.4, 0.5) is 11.6 Å². The molecular formula is C19H17BrN4O. The Morgan fingerprint density at radius 1 is 1.04 bits per heavy atom. The summed E-state index contributed by atoms with van der Waals surface area (Å²) in [5.41, 5.74) is 3.52. The molecule has 126 valence electrons. The van der Waals surface area contributed by atoms with Crippen molar-refractivity contribution in [2.24, 2.45) is 0 Å². The summed E-state index contributed by atoms with van der Waals surface area (Å²) in [5, 5.41) is 5.99. The number of anilines is 2. The average Bonchev–Trinajstić information content (AvgIpc) is 2.63. The van der Waals surface area contributed by atoms with Gasteiger partial charge in [0.1, 0.15) is 0 Å². The van der Waals surface area contributed by atoms with Gasteiger partial charge in [0.2, 0.25) is 5.95 Å². The van der Waals surface area contributed by atoms with E-state index in [9.17, 15) is 4.79 Å². The van der Waals surface area contributed by atoms with E-state index in [-0.39, 0.29) is 5.91 Å². The molecule has 1 aromatic heterocycles. The minimum Gasteiger partial charge on any atom is -0.348 e. The van der Waals surface area contributed by atoms with Crippen molar-refractivity contribution in [2.45, 2.75) is 13.5 Å². The van der Waals surface area contributed by atoms with Gasteiger partial charge in [-0.15, -0.1) is 0 Å². The van der Waals surface area contributed by atoms with Crippen LogP contribution in [0.15, 0.2) is 65.4 Å². The number of hydrogen-bond acceptors (Lipinski definition) is 4. The molecule has 0 fully saturated rings. The van der Waals surface area contributed by atoms with Gasteiger partial charge in [0.05, 0.1) is 11.3 Å². The third-order valence-corrected chi connectivity index (χ3v) is 4.43. The Morgan fingerprint density at radius 2 is 1.72 bits per heavy atom. The highest BCUT2D eigenvalue weighted by molar-refractivity contribution is 9.10. The van der Waals surface area contributed by atoms with Crippen molar-refractivity contribution in [1.29, 1.82) is 0 Å². The maximum Gasteiger partial charge on any atom is 0.254 e. The minimum atomic E-state index is -0.198. The Kier molecular flexibility index (Phi) is 5.40. The zero-order chi connectivity index (χ0) is 17.6. The van der Waals surface area contributed by atoms with Gasteiger partial charge in [-0.3, -0.25) is 4.79 Å². The molecule has 0 unspecified atom stereocenters. The van der Waals surface area contributed by atoms with Gasteiger partial charge in [-0.05, 0) is 46.1 Å². The van der Waals surface area contributed by atoms with Crippen LogP contribution >= 0.6 is 15.9 Å². The molecule has 0 saturated carbocycles. The van der Waals surface area contributed by atoms with Crippen LogP contribution in [0.1, 0.15) is 21.5 Å². The molecule has 6 heteroatoms. The molecule has 2 aromatic carbocycles. The van der Waals surface area contributed by atoms with E-state index in [0.29, 0.717) is 18.1 Å². The highest BCUT2D eigenvalue weighted by Crippen LogP contribution is 2.23. The number of hydrogen-bond donors (Lipinski definition) is 2. The number of aryl methyl sites for hydroxylation is 1. The largest absolute Gasteiger partial charge is 0.348 e. The molecule has 0 saturated heterocycles. The molecule has 0 spiro atoms. The van der Waals surface area contributed by atoms with E-state index in [1.165, 1.54) is 12.4 Å². The molecule has 0 aliphatic rings. The van der Waals surface area contributed by atoms with Crippen LogP contribution in [-0.4, -0.2) is 15.9 Å². The first-order chi connectivity index (χ1) is 12.1. The highest BCUT2D eigenvalue weighted by Gasteiger charge is 2.08. The zero-order valence-corrected chi connectivity index (χ0v) is 15.2. The second-order valence-corrected chi connectivity index (χ2v) is 6.36. The average molecular weight is 397 g/mol. The van der Waals surface area contributed by atoms with Crippen molar-refractivity contribution >= 4 is 33.5 Å². The van der Waals surface area contributed by atoms with E-state index < -0.39 is 0 Å². The number of amides is 1. The van der Waals surface area contributed by atoms with Crippen LogP contribution in [0, 0.1) is 6.92 Å². The Bertz CT molecular complexity index is 881. The number of nitrogens with one attached hydrogen (secondary N) is 2. The van der Waals surface area contributed by atoms with Crippen LogP contribution in [0.5, 0.6) is 0 Å². The normalized spacial score (nSPS) is 10.3. The van der Waals surface area contributed by atoms with E-state index in [4.69, 9.17) is 0 Å². The Labute approximate surface area is 154 Å². The number of benzene rings is 2. The SMILES string of the molecule is Cc1ccccc1CNC(=O)c1cnc(Nc2ccccc2Br)nc1. The van der Waals surface area contributed by atoms with Crippen LogP contribution in [-0.2, 0) is 6.54 Å². The molecule has 25 heavy (non-hydrogen) atoms. The van der Waals surface area contributed by atoms with Crippen molar-refractivity contribution in [1.82, 2.24) is 15.3 Å². The fraction of sp³-hybridized carbons (Fsp3) is 0.105. The second kappa shape index (κ2) is 7.90. The summed E-state index contributed by atoms with van der Waals surface area (Å²) in [6.07, 6.45) is 3.03. The number of para-hydroxylation sites is 1. The lowest BCUT2D eigenvalue weighted by molar-refractivity contribution is 0.0950. The van der Waals surface area contributed by atoms with Gasteiger partial charge in [0, 0.05) is 23.4 Å². The summed E-state index contributed by atoms with van der Waals surface area (Å²) in [6, 6.07) is 15.6. The third-order valence-electron chi connectivity index (χ3n) is 3.74. The second-order valence-electron chi connectivity index (χ2n) is 5.51. The number of carbonyl (C=O) groups excluding carboxylic acids is 1. The van der Waals surface area contributed by atoms with Crippen molar-refractivity contribution < 1.29 is 4.79 Å². The summed E-state index contributed by atoms with van der Waals surface area (Å²) in [5.74, 6) is 0.234. The molecular weight excluding hydrogens is 380 g/mol. The van der Waals surface area contributed by atoms with Gasteiger partial charge in [-0.25, -0.2) is 9.97 Å². The lowest BCUT2D eigenvalue weighted by Crippen LogP contribution is -2.23. The van der Waals surface area contributed by atoms with Gasteiger partial charge in [-0.2, -0.15) is 0 Å². The first-order valence-electron chi connectivity index (χ1n) is 7.80. The predicted molar refractivity (Wildman–Crippen MR) is 102 cm³/mol. The van der Waals surface area contributed by atoms with Crippen LogP contribution in [0.3, 0.4) is 0 Å². The number of halogens is 1.